The summed E-state index contributed by atoms with van der Waals surface area (Å²) >= 11 is 6.28. The Balaban J connectivity index is 1.87. The van der Waals surface area contributed by atoms with Gasteiger partial charge in [0.1, 0.15) is 16.8 Å². The predicted octanol–water partition coefficient (Wildman–Crippen LogP) is 4.80. The lowest BCUT2D eigenvalue weighted by Gasteiger charge is -2.29. The monoisotopic (exact) mass is 367 g/mol. The zero-order valence-electron chi connectivity index (χ0n) is 15.1. The van der Waals surface area contributed by atoms with E-state index in [0.29, 0.717) is 11.5 Å². The number of carbonyl (C=O) groups is 1. The Bertz CT molecular complexity index is 913. The first-order chi connectivity index (χ1) is 12.5. The fourth-order valence-electron chi connectivity index (χ4n) is 3.45. The van der Waals surface area contributed by atoms with E-state index in [2.05, 4.69) is 17.2 Å². The number of nitrogens with zero attached hydrogens (tertiary/aromatic N) is 2. The second kappa shape index (κ2) is 7.88. The third-order valence-electron chi connectivity index (χ3n) is 5.05. The molecule has 1 amide bonds. The van der Waals surface area contributed by atoms with Crippen LogP contribution in [0.4, 0.5) is 0 Å². The van der Waals surface area contributed by atoms with E-state index in [1.54, 1.807) is 0 Å². The zero-order valence-corrected chi connectivity index (χ0v) is 15.8. The molecule has 0 saturated heterocycles. The van der Waals surface area contributed by atoms with Crippen molar-refractivity contribution in [2.24, 2.45) is 5.92 Å². The molecule has 0 radical (unpaired) electrons. The number of hydrogen-bond acceptors (Lipinski definition) is 3. The van der Waals surface area contributed by atoms with Crippen LogP contribution in [0.5, 0.6) is 0 Å². The highest BCUT2D eigenvalue weighted by Crippen LogP contribution is 2.25. The van der Waals surface area contributed by atoms with Crippen molar-refractivity contribution in [1.82, 2.24) is 10.3 Å². The van der Waals surface area contributed by atoms with E-state index in [1.807, 2.05) is 37.3 Å². The molecular formula is C21H22ClN3O. The van der Waals surface area contributed by atoms with E-state index in [0.717, 1.165) is 35.7 Å². The number of amides is 1. The van der Waals surface area contributed by atoms with Gasteiger partial charge in [-0.15, -0.1) is 0 Å². The Labute approximate surface area is 158 Å². The standard InChI is InChI=1S/C21H22ClN3O/c1-13-7-8-15-10-16(20(22)24-19(15)9-13)11-17(12-23)21(26)25-18-6-4-3-5-14(18)2/h7-11,14,18H,3-6H2,1-2H3,(H,25,26)/b17-11+/t14-,18-/m1/s1. The number of pyridine rings is 1. The molecule has 2 atom stereocenters. The van der Waals surface area contributed by atoms with Crippen molar-refractivity contribution >= 4 is 34.5 Å². The van der Waals surface area contributed by atoms with E-state index in [9.17, 15) is 10.1 Å². The molecule has 1 heterocycles. The van der Waals surface area contributed by atoms with Crippen molar-refractivity contribution in [2.75, 3.05) is 0 Å². The summed E-state index contributed by atoms with van der Waals surface area (Å²) in [7, 11) is 0. The molecule has 0 bridgehead atoms. The van der Waals surface area contributed by atoms with Crippen molar-refractivity contribution < 1.29 is 4.79 Å². The Morgan fingerprint density at radius 1 is 1.35 bits per heavy atom. The molecule has 4 nitrogen and oxygen atoms in total. The van der Waals surface area contributed by atoms with Crippen LogP contribution in [0.1, 0.15) is 43.7 Å². The highest BCUT2D eigenvalue weighted by atomic mass is 35.5. The molecule has 1 aliphatic rings. The SMILES string of the molecule is Cc1ccc2cc(/C=C(\C#N)C(=O)N[C@@H]3CCCC[C@H]3C)c(Cl)nc2c1. The second-order valence-electron chi connectivity index (χ2n) is 7.08. The summed E-state index contributed by atoms with van der Waals surface area (Å²) in [5.74, 6) is 0.0909. The molecule has 0 spiro atoms. The number of halogens is 1. The third-order valence-corrected chi connectivity index (χ3v) is 5.35. The average molecular weight is 368 g/mol. The highest BCUT2D eigenvalue weighted by molar-refractivity contribution is 6.31. The largest absolute Gasteiger partial charge is 0.348 e. The van der Waals surface area contributed by atoms with Gasteiger partial charge in [0.15, 0.2) is 0 Å². The molecule has 0 aliphatic heterocycles. The van der Waals surface area contributed by atoms with Gasteiger partial charge in [0, 0.05) is 17.0 Å². The van der Waals surface area contributed by atoms with E-state index in [4.69, 9.17) is 11.6 Å². The lowest BCUT2D eigenvalue weighted by Crippen LogP contribution is -2.41. The van der Waals surface area contributed by atoms with Crippen LogP contribution in [0.3, 0.4) is 0 Å². The summed E-state index contributed by atoms with van der Waals surface area (Å²) in [5.41, 5.74) is 2.53. The average Bonchev–Trinajstić information content (AvgIpc) is 2.61. The number of benzene rings is 1. The van der Waals surface area contributed by atoms with Crippen LogP contribution in [0.2, 0.25) is 5.15 Å². The molecule has 2 aromatic rings. The van der Waals surface area contributed by atoms with E-state index in [1.165, 1.54) is 12.5 Å². The first-order valence-electron chi connectivity index (χ1n) is 8.97. The Hall–Kier alpha value is -2.38. The molecule has 1 saturated carbocycles. The van der Waals surface area contributed by atoms with Crippen LogP contribution in [-0.2, 0) is 4.79 Å². The summed E-state index contributed by atoms with van der Waals surface area (Å²) in [6.45, 7) is 4.14. The number of nitriles is 1. The Morgan fingerprint density at radius 2 is 2.12 bits per heavy atom. The number of carbonyl (C=O) groups excluding carboxylic acids is 1. The first kappa shape index (κ1) is 18.4. The summed E-state index contributed by atoms with van der Waals surface area (Å²) < 4.78 is 0. The van der Waals surface area contributed by atoms with Crippen LogP contribution in [0, 0.1) is 24.2 Å². The van der Waals surface area contributed by atoms with Crippen molar-refractivity contribution in [1.29, 1.82) is 5.26 Å². The van der Waals surface area contributed by atoms with Gasteiger partial charge in [0.05, 0.1) is 5.52 Å². The maximum atomic E-state index is 12.5. The summed E-state index contributed by atoms with van der Waals surface area (Å²) in [4.78, 5) is 16.9. The molecule has 1 aromatic carbocycles. The Morgan fingerprint density at radius 3 is 2.85 bits per heavy atom. The lowest BCUT2D eigenvalue weighted by atomic mass is 9.86. The Kier molecular flexibility index (Phi) is 5.58. The lowest BCUT2D eigenvalue weighted by molar-refractivity contribution is -0.118. The van der Waals surface area contributed by atoms with Gasteiger partial charge in [0.25, 0.3) is 5.91 Å². The number of fused-ring (bicyclic) bond motifs is 1. The zero-order chi connectivity index (χ0) is 18.7. The second-order valence-corrected chi connectivity index (χ2v) is 7.43. The minimum Gasteiger partial charge on any atom is -0.348 e. The number of rotatable bonds is 3. The van der Waals surface area contributed by atoms with Crippen molar-refractivity contribution in [2.45, 2.75) is 45.6 Å². The molecule has 0 unspecified atom stereocenters. The molecule has 134 valence electrons. The molecular weight excluding hydrogens is 346 g/mol. The molecule has 1 aliphatic carbocycles. The molecule has 3 rings (SSSR count). The predicted molar refractivity (Wildman–Crippen MR) is 105 cm³/mol. The van der Waals surface area contributed by atoms with Gasteiger partial charge in [-0.3, -0.25) is 4.79 Å². The number of hydrogen-bond donors (Lipinski definition) is 1. The van der Waals surface area contributed by atoms with Gasteiger partial charge < -0.3 is 5.32 Å². The summed E-state index contributed by atoms with van der Waals surface area (Å²) in [6.07, 6.45) is 5.91. The fourth-order valence-corrected chi connectivity index (χ4v) is 3.65. The van der Waals surface area contributed by atoms with Crippen LogP contribution >= 0.6 is 11.6 Å². The highest BCUT2D eigenvalue weighted by Gasteiger charge is 2.24. The minimum atomic E-state index is -0.341. The fraction of sp³-hybridized carbons (Fsp3) is 0.381. The topological polar surface area (TPSA) is 65.8 Å². The van der Waals surface area contributed by atoms with Crippen LogP contribution in [-0.4, -0.2) is 16.9 Å². The van der Waals surface area contributed by atoms with Crippen LogP contribution in [0.15, 0.2) is 29.8 Å². The molecule has 26 heavy (non-hydrogen) atoms. The van der Waals surface area contributed by atoms with Crippen LogP contribution < -0.4 is 5.32 Å². The quantitative estimate of drug-likeness (QED) is 0.481. The van der Waals surface area contributed by atoms with E-state index >= 15 is 0 Å². The van der Waals surface area contributed by atoms with Crippen molar-refractivity contribution in [3.8, 4) is 6.07 Å². The summed E-state index contributed by atoms with van der Waals surface area (Å²) in [6, 6.07) is 9.90. The van der Waals surface area contributed by atoms with E-state index < -0.39 is 0 Å². The maximum absolute atomic E-state index is 12.5. The normalized spacial score (nSPS) is 20.6. The van der Waals surface area contributed by atoms with Gasteiger partial charge in [-0.25, -0.2) is 4.98 Å². The number of aryl methyl sites for hydroxylation is 1. The van der Waals surface area contributed by atoms with E-state index in [-0.39, 0.29) is 22.7 Å². The minimum absolute atomic E-state index is 0.0536. The van der Waals surface area contributed by atoms with Gasteiger partial charge >= 0.3 is 0 Å². The number of aromatic nitrogens is 1. The molecule has 1 aromatic heterocycles. The molecule has 5 heteroatoms. The van der Waals surface area contributed by atoms with Crippen molar-refractivity contribution in [3.05, 3.63) is 46.1 Å². The van der Waals surface area contributed by atoms with Gasteiger partial charge in [0.2, 0.25) is 0 Å². The first-order valence-corrected chi connectivity index (χ1v) is 9.35. The van der Waals surface area contributed by atoms with Gasteiger partial charge in [-0.05, 0) is 49.5 Å². The van der Waals surface area contributed by atoms with Gasteiger partial charge in [-0.1, -0.05) is 43.5 Å². The van der Waals surface area contributed by atoms with Gasteiger partial charge in [-0.2, -0.15) is 5.26 Å². The summed E-state index contributed by atoms with van der Waals surface area (Å²) in [5, 5.41) is 13.7. The smallest absolute Gasteiger partial charge is 0.262 e. The van der Waals surface area contributed by atoms with Crippen molar-refractivity contribution in [3.63, 3.8) is 0 Å². The third kappa shape index (κ3) is 4.05. The molecule has 1 fully saturated rings. The molecule has 1 N–H and O–H groups in total. The van der Waals surface area contributed by atoms with Crippen LogP contribution in [0.25, 0.3) is 17.0 Å². The number of nitrogens with one attached hydrogen (secondary N) is 1. The maximum Gasteiger partial charge on any atom is 0.262 e.